The number of carbonyl (C=O) groups is 1. The van der Waals surface area contributed by atoms with Crippen LogP contribution in [-0.4, -0.2) is 48.9 Å². The lowest BCUT2D eigenvalue weighted by atomic mass is 10.3. The monoisotopic (exact) mass is 239 g/mol. The van der Waals surface area contributed by atoms with Crippen molar-refractivity contribution in [3.05, 3.63) is 17.5 Å². The van der Waals surface area contributed by atoms with Crippen LogP contribution in [0.15, 0.2) is 10.6 Å². The molecule has 17 heavy (non-hydrogen) atoms. The standard InChI is InChI=1S/C11H17N3O3/c1-9-8-10(13-17-9)2-3-12-11(15)14-4-6-16-7-5-14/h8H,2-7H2,1H3,(H,12,15). The lowest BCUT2D eigenvalue weighted by molar-refractivity contribution is 0.0533. The molecule has 0 unspecified atom stereocenters. The molecule has 1 aliphatic heterocycles. The Kier molecular flexibility index (Phi) is 3.98. The Labute approximate surface area is 99.9 Å². The number of urea groups is 1. The normalized spacial score (nSPS) is 15.9. The number of aryl methyl sites for hydroxylation is 1. The molecule has 2 heterocycles. The molecule has 0 aromatic carbocycles. The van der Waals surface area contributed by atoms with Gasteiger partial charge < -0.3 is 19.5 Å². The molecule has 6 nitrogen and oxygen atoms in total. The largest absolute Gasteiger partial charge is 0.378 e. The topological polar surface area (TPSA) is 67.6 Å². The van der Waals surface area contributed by atoms with Gasteiger partial charge >= 0.3 is 6.03 Å². The van der Waals surface area contributed by atoms with Gasteiger partial charge in [-0.15, -0.1) is 0 Å². The molecular formula is C11H17N3O3. The second-order valence-corrected chi connectivity index (χ2v) is 4.01. The maximum absolute atomic E-state index is 11.7. The molecule has 94 valence electrons. The van der Waals surface area contributed by atoms with Gasteiger partial charge in [-0.25, -0.2) is 4.79 Å². The molecular weight excluding hydrogens is 222 g/mol. The third kappa shape index (κ3) is 3.45. The van der Waals surface area contributed by atoms with Crippen LogP contribution in [-0.2, 0) is 11.2 Å². The molecule has 2 amide bonds. The molecule has 0 bridgehead atoms. The molecule has 0 radical (unpaired) electrons. The summed E-state index contributed by atoms with van der Waals surface area (Å²) in [5.41, 5.74) is 0.866. The average molecular weight is 239 g/mol. The first-order valence-corrected chi connectivity index (χ1v) is 5.78. The Morgan fingerprint density at radius 2 is 2.29 bits per heavy atom. The molecule has 0 atom stereocenters. The van der Waals surface area contributed by atoms with Crippen molar-refractivity contribution in [3.63, 3.8) is 0 Å². The van der Waals surface area contributed by atoms with Crippen LogP contribution < -0.4 is 5.32 Å². The minimum absolute atomic E-state index is 0.0338. The Bertz CT molecular complexity index is 372. The van der Waals surface area contributed by atoms with Gasteiger partial charge in [0.15, 0.2) is 0 Å². The van der Waals surface area contributed by atoms with E-state index >= 15 is 0 Å². The Balaban J connectivity index is 1.69. The van der Waals surface area contributed by atoms with E-state index in [9.17, 15) is 4.79 Å². The summed E-state index contributed by atoms with van der Waals surface area (Å²) in [5.74, 6) is 0.791. The highest BCUT2D eigenvalue weighted by atomic mass is 16.5. The summed E-state index contributed by atoms with van der Waals surface area (Å²) in [7, 11) is 0. The highest BCUT2D eigenvalue weighted by molar-refractivity contribution is 5.74. The van der Waals surface area contributed by atoms with E-state index in [1.165, 1.54) is 0 Å². The second-order valence-electron chi connectivity index (χ2n) is 4.01. The average Bonchev–Trinajstić information content (AvgIpc) is 2.76. The van der Waals surface area contributed by atoms with Crippen molar-refractivity contribution in [2.24, 2.45) is 0 Å². The fraction of sp³-hybridized carbons (Fsp3) is 0.636. The number of hydrogen-bond acceptors (Lipinski definition) is 4. The zero-order chi connectivity index (χ0) is 12.1. The van der Waals surface area contributed by atoms with E-state index in [1.54, 1.807) is 4.90 Å². The lowest BCUT2D eigenvalue weighted by Crippen LogP contribution is -2.46. The van der Waals surface area contributed by atoms with Gasteiger partial charge in [-0.05, 0) is 6.92 Å². The van der Waals surface area contributed by atoms with Gasteiger partial charge in [0, 0.05) is 32.1 Å². The van der Waals surface area contributed by atoms with Crippen molar-refractivity contribution in [3.8, 4) is 0 Å². The van der Waals surface area contributed by atoms with Crippen LogP contribution in [0.5, 0.6) is 0 Å². The highest BCUT2D eigenvalue weighted by Gasteiger charge is 2.15. The van der Waals surface area contributed by atoms with Crippen LogP contribution in [0.4, 0.5) is 4.79 Å². The zero-order valence-electron chi connectivity index (χ0n) is 9.94. The molecule has 1 aromatic rings. The minimum atomic E-state index is -0.0338. The van der Waals surface area contributed by atoms with Crippen LogP contribution in [0.1, 0.15) is 11.5 Å². The molecule has 0 spiro atoms. The van der Waals surface area contributed by atoms with Crippen molar-refractivity contribution in [2.75, 3.05) is 32.8 Å². The van der Waals surface area contributed by atoms with Gasteiger partial charge in [-0.3, -0.25) is 0 Å². The van der Waals surface area contributed by atoms with Gasteiger partial charge in [0.25, 0.3) is 0 Å². The quantitative estimate of drug-likeness (QED) is 0.837. The van der Waals surface area contributed by atoms with Gasteiger partial charge in [0.1, 0.15) is 5.76 Å². The van der Waals surface area contributed by atoms with Gasteiger partial charge in [-0.1, -0.05) is 5.16 Å². The molecule has 0 aliphatic carbocycles. The molecule has 1 aliphatic rings. The number of nitrogens with one attached hydrogen (secondary N) is 1. The van der Waals surface area contributed by atoms with E-state index in [0.29, 0.717) is 39.3 Å². The summed E-state index contributed by atoms with van der Waals surface area (Å²) < 4.78 is 10.1. The number of nitrogens with zero attached hydrogens (tertiary/aromatic N) is 2. The number of morpholine rings is 1. The Morgan fingerprint density at radius 1 is 1.53 bits per heavy atom. The van der Waals surface area contributed by atoms with Gasteiger partial charge in [0.2, 0.25) is 0 Å². The number of aromatic nitrogens is 1. The zero-order valence-corrected chi connectivity index (χ0v) is 9.94. The summed E-state index contributed by atoms with van der Waals surface area (Å²) in [5, 5.41) is 6.73. The van der Waals surface area contributed by atoms with Crippen LogP contribution in [0, 0.1) is 6.92 Å². The highest BCUT2D eigenvalue weighted by Crippen LogP contribution is 2.02. The van der Waals surface area contributed by atoms with E-state index in [2.05, 4.69) is 10.5 Å². The third-order valence-electron chi connectivity index (χ3n) is 2.63. The Morgan fingerprint density at radius 3 is 2.94 bits per heavy atom. The summed E-state index contributed by atoms with van der Waals surface area (Å²) in [4.78, 5) is 13.5. The fourth-order valence-corrected chi connectivity index (χ4v) is 1.71. The van der Waals surface area contributed by atoms with E-state index < -0.39 is 0 Å². The Hall–Kier alpha value is -1.56. The number of ether oxygens (including phenoxy) is 1. The summed E-state index contributed by atoms with van der Waals surface area (Å²) in [6.45, 7) is 4.99. The van der Waals surface area contributed by atoms with Crippen LogP contribution >= 0.6 is 0 Å². The smallest absolute Gasteiger partial charge is 0.317 e. The van der Waals surface area contributed by atoms with Crippen molar-refractivity contribution in [2.45, 2.75) is 13.3 Å². The summed E-state index contributed by atoms with van der Waals surface area (Å²) in [6.07, 6.45) is 0.688. The maximum Gasteiger partial charge on any atom is 0.317 e. The number of hydrogen-bond donors (Lipinski definition) is 1. The fourth-order valence-electron chi connectivity index (χ4n) is 1.71. The second kappa shape index (κ2) is 5.67. The molecule has 1 N–H and O–H groups in total. The number of carbonyl (C=O) groups excluding carboxylic acids is 1. The van der Waals surface area contributed by atoms with Crippen LogP contribution in [0.2, 0.25) is 0 Å². The van der Waals surface area contributed by atoms with E-state index in [4.69, 9.17) is 9.26 Å². The van der Waals surface area contributed by atoms with Gasteiger partial charge in [0.05, 0.1) is 18.9 Å². The van der Waals surface area contributed by atoms with Gasteiger partial charge in [-0.2, -0.15) is 0 Å². The molecule has 6 heteroatoms. The first-order chi connectivity index (χ1) is 8.25. The van der Waals surface area contributed by atoms with Crippen molar-refractivity contribution < 1.29 is 14.1 Å². The number of amides is 2. The predicted octanol–water partition coefficient (Wildman–Crippen LogP) is 0.567. The SMILES string of the molecule is Cc1cc(CCNC(=O)N2CCOCC2)no1. The molecule has 2 rings (SSSR count). The maximum atomic E-state index is 11.7. The van der Waals surface area contributed by atoms with Crippen molar-refractivity contribution >= 4 is 6.03 Å². The van der Waals surface area contributed by atoms with E-state index in [1.807, 2.05) is 13.0 Å². The van der Waals surface area contributed by atoms with Crippen LogP contribution in [0.25, 0.3) is 0 Å². The van der Waals surface area contributed by atoms with Crippen LogP contribution in [0.3, 0.4) is 0 Å². The number of rotatable bonds is 3. The summed E-state index contributed by atoms with van der Waals surface area (Å²) in [6, 6.07) is 1.84. The molecule has 0 saturated carbocycles. The predicted molar refractivity (Wildman–Crippen MR) is 60.7 cm³/mol. The first kappa shape index (κ1) is 11.9. The van der Waals surface area contributed by atoms with E-state index in [0.717, 1.165) is 11.5 Å². The molecule has 1 saturated heterocycles. The van der Waals surface area contributed by atoms with E-state index in [-0.39, 0.29) is 6.03 Å². The molecule has 1 aromatic heterocycles. The molecule has 1 fully saturated rings. The first-order valence-electron chi connectivity index (χ1n) is 5.78. The minimum Gasteiger partial charge on any atom is -0.378 e. The lowest BCUT2D eigenvalue weighted by Gasteiger charge is -2.26. The van der Waals surface area contributed by atoms with Crippen molar-refractivity contribution in [1.82, 2.24) is 15.4 Å². The van der Waals surface area contributed by atoms with Crippen molar-refractivity contribution in [1.29, 1.82) is 0 Å². The summed E-state index contributed by atoms with van der Waals surface area (Å²) >= 11 is 0. The third-order valence-corrected chi connectivity index (χ3v) is 2.63.